The molecular weight excluding hydrogens is 361 g/mol. The van der Waals surface area contributed by atoms with Crippen molar-refractivity contribution in [1.29, 1.82) is 0 Å². The number of hydrogen-bond donors (Lipinski definition) is 9. The van der Waals surface area contributed by atoms with Crippen LogP contribution in [-0.4, -0.2) is 56.2 Å². The number of hydrogen-bond acceptors (Lipinski definition) is 4. The molecule has 0 spiro atoms. The standard InChI is InChI=1S/C5H10O.3H3O4P/c1-3-5(2)4-6-5;3*1-5(2,3)4/h3-4H2,1-2H3;3*(H3,1,2,3,4). The van der Waals surface area contributed by atoms with E-state index in [0.717, 1.165) is 13.0 Å². The Morgan fingerprint density at radius 3 is 0.952 bits per heavy atom. The van der Waals surface area contributed by atoms with Gasteiger partial charge >= 0.3 is 23.5 Å². The largest absolute Gasteiger partial charge is 0.466 e. The zero-order chi connectivity index (χ0) is 18.1. The molecule has 1 unspecified atom stereocenters. The van der Waals surface area contributed by atoms with E-state index in [1.807, 2.05) is 0 Å². The van der Waals surface area contributed by atoms with Crippen LogP contribution < -0.4 is 0 Å². The molecule has 21 heavy (non-hydrogen) atoms. The Morgan fingerprint density at radius 1 is 0.810 bits per heavy atom. The van der Waals surface area contributed by atoms with E-state index in [1.165, 1.54) is 0 Å². The van der Waals surface area contributed by atoms with Gasteiger partial charge in [-0.3, -0.25) is 0 Å². The van der Waals surface area contributed by atoms with Gasteiger partial charge in [0, 0.05) is 0 Å². The fourth-order valence-electron chi connectivity index (χ4n) is 0.327. The zero-order valence-corrected chi connectivity index (χ0v) is 13.6. The van der Waals surface area contributed by atoms with E-state index in [9.17, 15) is 0 Å². The second-order valence-corrected chi connectivity index (χ2v) is 6.71. The van der Waals surface area contributed by atoms with Crippen LogP contribution in [-0.2, 0) is 18.4 Å². The van der Waals surface area contributed by atoms with E-state index >= 15 is 0 Å². The monoisotopic (exact) mass is 380 g/mol. The van der Waals surface area contributed by atoms with Gasteiger partial charge in [-0.1, -0.05) is 6.92 Å². The fourth-order valence-corrected chi connectivity index (χ4v) is 0.327. The summed E-state index contributed by atoms with van der Waals surface area (Å²) in [6.45, 7) is 5.25. The maximum atomic E-state index is 8.88. The second kappa shape index (κ2) is 10.1. The first-order valence-electron chi connectivity index (χ1n) is 4.75. The maximum absolute atomic E-state index is 8.88. The summed E-state index contributed by atoms with van der Waals surface area (Å²) < 4.78 is 31.7. The third-order valence-electron chi connectivity index (χ3n) is 1.39. The Hall–Kier alpha value is 0.290. The molecule has 0 aromatic carbocycles. The van der Waals surface area contributed by atoms with Crippen molar-refractivity contribution in [2.45, 2.75) is 25.9 Å². The minimum absolute atomic E-state index is 0.292. The molecule has 0 amide bonds. The summed E-state index contributed by atoms with van der Waals surface area (Å²) in [5, 5.41) is 0. The summed E-state index contributed by atoms with van der Waals surface area (Å²) in [6, 6.07) is 0. The van der Waals surface area contributed by atoms with Gasteiger partial charge in [0.15, 0.2) is 0 Å². The van der Waals surface area contributed by atoms with Crippen molar-refractivity contribution in [1.82, 2.24) is 0 Å². The molecule has 1 heterocycles. The molecule has 0 bridgehead atoms. The lowest BCUT2D eigenvalue weighted by Gasteiger charge is -1.92. The predicted molar refractivity (Wildman–Crippen MR) is 67.4 cm³/mol. The van der Waals surface area contributed by atoms with E-state index in [1.54, 1.807) is 0 Å². The van der Waals surface area contributed by atoms with Gasteiger partial charge in [0.1, 0.15) is 0 Å². The normalized spacial score (nSPS) is 20.7. The molecule has 1 fully saturated rings. The summed E-state index contributed by atoms with van der Waals surface area (Å²) >= 11 is 0. The molecule has 1 atom stereocenters. The van der Waals surface area contributed by atoms with Crippen LogP contribution >= 0.6 is 23.5 Å². The lowest BCUT2D eigenvalue weighted by Crippen LogP contribution is -1.98. The second-order valence-electron chi connectivity index (χ2n) is 3.63. The van der Waals surface area contributed by atoms with Crippen LogP contribution in [0.2, 0.25) is 0 Å². The van der Waals surface area contributed by atoms with Crippen LogP contribution in [0.3, 0.4) is 0 Å². The van der Waals surface area contributed by atoms with Crippen LogP contribution in [0.1, 0.15) is 20.3 Å². The van der Waals surface area contributed by atoms with Crippen molar-refractivity contribution in [3.05, 3.63) is 0 Å². The van der Waals surface area contributed by atoms with Crippen LogP contribution in [0.15, 0.2) is 0 Å². The predicted octanol–water partition coefficient (Wildman–Crippen LogP) is -1.60. The highest BCUT2D eigenvalue weighted by molar-refractivity contribution is 7.45. The first kappa shape index (κ1) is 26.2. The zero-order valence-electron chi connectivity index (χ0n) is 10.9. The SMILES string of the molecule is CCC1(C)CO1.O=P(O)(O)O.O=P(O)(O)O.O=P(O)(O)O. The molecule has 0 saturated carbocycles. The Kier molecular flexibility index (Phi) is 12.6. The van der Waals surface area contributed by atoms with Gasteiger partial charge in [-0.25, -0.2) is 13.7 Å². The van der Waals surface area contributed by atoms with Gasteiger partial charge < -0.3 is 48.8 Å². The third-order valence-corrected chi connectivity index (χ3v) is 1.39. The topological polar surface area (TPSA) is 246 Å². The van der Waals surface area contributed by atoms with Gasteiger partial charge in [-0.05, 0) is 13.3 Å². The minimum atomic E-state index is -4.64. The Balaban J connectivity index is -0.000000207. The molecule has 0 aliphatic carbocycles. The summed E-state index contributed by atoms with van der Waals surface area (Å²) in [4.78, 5) is 64.7. The van der Waals surface area contributed by atoms with Gasteiger partial charge in [-0.15, -0.1) is 0 Å². The molecule has 132 valence electrons. The average Bonchev–Trinajstić information content (AvgIpc) is 2.75. The Labute approximate surface area is 119 Å². The maximum Gasteiger partial charge on any atom is 0.466 e. The highest BCUT2D eigenvalue weighted by atomic mass is 31.2. The Bertz CT molecular complexity index is 326. The fraction of sp³-hybridized carbons (Fsp3) is 1.00. The van der Waals surface area contributed by atoms with Gasteiger partial charge in [0.05, 0.1) is 12.2 Å². The molecule has 9 N–H and O–H groups in total. The van der Waals surface area contributed by atoms with E-state index in [-0.39, 0.29) is 0 Å². The molecule has 1 aliphatic heterocycles. The summed E-state index contributed by atoms with van der Waals surface area (Å²) in [7, 11) is -13.9. The van der Waals surface area contributed by atoms with Gasteiger partial charge in [0.2, 0.25) is 0 Å². The molecule has 0 aromatic rings. The first-order chi connectivity index (χ1) is 8.77. The highest BCUT2D eigenvalue weighted by Crippen LogP contribution is 2.28. The van der Waals surface area contributed by atoms with Crippen LogP contribution in [0.4, 0.5) is 0 Å². The number of phosphoric acid groups is 3. The minimum Gasteiger partial charge on any atom is -0.370 e. The number of epoxide rings is 1. The molecule has 16 heteroatoms. The van der Waals surface area contributed by atoms with E-state index in [4.69, 9.17) is 62.5 Å². The summed E-state index contributed by atoms with van der Waals surface area (Å²) in [5.41, 5.74) is 0.292. The summed E-state index contributed by atoms with van der Waals surface area (Å²) in [6.07, 6.45) is 1.16. The third kappa shape index (κ3) is 98.8. The molecule has 1 saturated heterocycles. The first-order valence-corrected chi connectivity index (χ1v) is 9.45. The van der Waals surface area contributed by atoms with Crippen molar-refractivity contribution >= 4 is 23.5 Å². The lowest BCUT2D eigenvalue weighted by molar-refractivity contribution is 0.272. The van der Waals surface area contributed by atoms with Crippen LogP contribution in [0.5, 0.6) is 0 Å². The Morgan fingerprint density at radius 2 is 0.952 bits per heavy atom. The molecular formula is C5H19O13P3. The highest BCUT2D eigenvalue weighted by Gasteiger charge is 2.36. The van der Waals surface area contributed by atoms with E-state index in [0.29, 0.717) is 5.60 Å². The number of ether oxygens (including phenoxy) is 1. The van der Waals surface area contributed by atoms with Crippen molar-refractivity contribution in [3.63, 3.8) is 0 Å². The molecule has 13 nitrogen and oxygen atoms in total. The average molecular weight is 380 g/mol. The molecule has 0 aromatic heterocycles. The van der Waals surface area contributed by atoms with Gasteiger partial charge in [0.25, 0.3) is 0 Å². The van der Waals surface area contributed by atoms with Crippen molar-refractivity contribution < 1.29 is 62.5 Å². The summed E-state index contributed by atoms with van der Waals surface area (Å²) in [5.74, 6) is 0. The van der Waals surface area contributed by atoms with Crippen molar-refractivity contribution in [3.8, 4) is 0 Å². The van der Waals surface area contributed by atoms with E-state index < -0.39 is 23.5 Å². The molecule has 0 radical (unpaired) electrons. The lowest BCUT2D eigenvalue weighted by atomic mass is 10.1. The quantitative estimate of drug-likeness (QED) is 0.184. The molecule has 1 aliphatic rings. The molecule has 1 rings (SSSR count). The van der Waals surface area contributed by atoms with Crippen LogP contribution in [0, 0.1) is 0 Å². The van der Waals surface area contributed by atoms with Crippen molar-refractivity contribution in [2.24, 2.45) is 0 Å². The smallest absolute Gasteiger partial charge is 0.370 e. The van der Waals surface area contributed by atoms with Crippen molar-refractivity contribution in [2.75, 3.05) is 6.61 Å². The van der Waals surface area contributed by atoms with E-state index in [2.05, 4.69) is 13.8 Å². The number of rotatable bonds is 1. The van der Waals surface area contributed by atoms with Gasteiger partial charge in [-0.2, -0.15) is 0 Å². The van der Waals surface area contributed by atoms with Crippen LogP contribution in [0.25, 0.3) is 0 Å².